The maximum atomic E-state index is 12.8. The number of rotatable bonds is 5. The van der Waals surface area contributed by atoms with Crippen LogP contribution in [-0.4, -0.2) is 5.78 Å². The van der Waals surface area contributed by atoms with E-state index in [2.05, 4.69) is 43.3 Å². The smallest absolute Gasteiger partial charge is 0.163 e. The summed E-state index contributed by atoms with van der Waals surface area (Å²) in [7, 11) is 0. The Morgan fingerprint density at radius 2 is 1.21 bits per heavy atom. The number of ketones is 1. The molecule has 3 rings (SSSR count). The van der Waals surface area contributed by atoms with E-state index >= 15 is 0 Å². The summed E-state index contributed by atoms with van der Waals surface area (Å²) < 4.78 is 0. The predicted octanol–water partition coefficient (Wildman–Crippen LogP) is 5.71. The molecule has 0 saturated carbocycles. The summed E-state index contributed by atoms with van der Waals surface area (Å²) in [6.07, 6.45) is 0.482. The lowest BCUT2D eigenvalue weighted by Gasteiger charge is -2.18. The van der Waals surface area contributed by atoms with E-state index in [-0.39, 0.29) is 11.7 Å². The lowest BCUT2D eigenvalue weighted by molar-refractivity contribution is 0.0977. The lowest BCUT2D eigenvalue weighted by Crippen LogP contribution is -2.09. The van der Waals surface area contributed by atoms with Crippen molar-refractivity contribution >= 4 is 5.78 Å². The molecule has 0 aliphatic rings. The fourth-order valence-electron chi connectivity index (χ4n) is 2.95. The van der Waals surface area contributed by atoms with Crippen LogP contribution >= 0.6 is 0 Å². The van der Waals surface area contributed by atoms with Crippen LogP contribution in [0.2, 0.25) is 0 Å². The van der Waals surface area contributed by atoms with E-state index in [0.717, 1.165) is 5.56 Å². The first-order valence-corrected chi connectivity index (χ1v) is 8.35. The molecule has 120 valence electrons. The first-order chi connectivity index (χ1) is 11.6. The molecule has 0 aliphatic heterocycles. The molecule has 0 aliphatic carbocycles. The Kier molecular flexibility index (Phi) is 4.90. The fourth-order valence-corrected chi connectivity index (χ4v) is 2.95. The van der Waals surface area contributed by atoms with Crippen molar-refractivity contribution < 1.29 is 4.79 Å². The third-order valence-electron chi connectivity index (χ3n) is 4.44. The maximum absolute atomic E-state index is 12.8. The quantitative estimate of drug-likeness (QED) is 0.551. The van der Waals surface area contributed by atoms with E-state index in [1.807, 2.05) is 49.4 Å². The Balaban J connectivity index is 1.91. The zero-order chi connectivity index (χ0) is 16.9. The minimum atomic E-state index is 0.0839. The van der Waals surface area contributed by atoms with E-state index < -0.39 is 0 Å². The predicted molar refractivity (Wildman–Crippen MR) is 99.6 cm³/mol. The number of aryl methyl sites for hydroxylation is 2. The molecule has 0 unspecified atom stereocenters. The van der Waals surface area contributed by atoms with Crippen LogP contribution in [0.5, 0.6) is 0 Å². The van der Waals surface area contributed by atoms with Gasteiger partial charge in [-0.2, -0.15) is 0 Å². The summed E-state index contributed by atoms with van der Waals surface area (Å²) in [6, 6.07) is 26.6. The van der Waals surface area contributed by atoms with E-state index in [1.165, 1.54) is 22.3 Å². The average Bonchev–Trinajstić information content (AvgIpc) is 2.62. The highest BCUT2D eigenvalue weighted by Gasteiger charge is 2.19. The number of Topliss-reactive ketones (excluding diaryl/α,β-unsaturated/α-hetero) is 1. The molecular weight excluding hydrogens is 292 g/mol. The number of benzene rings is 3. The molecule has 0 N–H and O–H groups in total. The second-order valence-corrected chi connectivity index (χ2v) is 6.37. The number of carbonyl (C=O) groups excluding carboxylic acids is 1. The molecule has 1 heteroatoms. The van der Waals surface area contributed by atoms with Crippen molar-refractivity contribution in [2.45, 2.75) is 26.2 Å². The summed E-state index contributed by atoms with van der Waals surface area (Å²) in [6.45, 7) is 4.12. The second kappa shape index (κ2) is 7.27. The van der Waals surface area contributed by atoms with Crippen LogP contribution in [0.4, 0.5) is 0 Å². The van der Waals surface area contributed by atoms with Crippen molar-refractivity contribution in [2.75, 3.05) is 0 Å². The SMILES string of the molecule is Cc1ccc(C(=O)C[C@H](c2ccccc2)c2ccc(C)cc2)cc1. The minimum Gasteiger partial charge on any atom is -0.294 e. The molecule has 3 aromatic rings. The van der Waals surface area contributed by atoms with Gasteiger partial charge in [0.1, 0.15) is 0 Å². The molecule has 1 atom stereocenters. The van der Waals surface area contributed by atoms with Crippen LogP contribution in [0.15, 0.2) is 78.9 Å². The summed E-state index contributed by atoms with van der Waals surface area (Å²) in [5, 5.41) is 0. The molecule has 0 heterocycles. The molecule has 24 heavy (non-hydrogen) atoms. The highest BCUT2D eigenvalue weighted by atomic mass is 16.1. The van der Waals surface area contributed by atoms with Crippen molar-refractivity contribution in [2.24, 2.45) is 0 Å². The van der Waals surface area contributed by atoms with Crippen molar-refractivity contribution in [3.8, 4) is 0 Å². The van der Waals surface area contributed by atoms with Gasteiger partial charge in [-0.05, 0) is 25.0 Å². The van der Waals surface area contributed by atoms with Gasteiger partial charge in [-0.15, -0.1) is 0 Å². The summed E-state index contributed by atoms with van der Waals surface area (Å²) >= 11 is 0. The monoisotopic (exact) mass is 314 g/mol. The maximum Gasteiger partial charge on any atom is 0.163 e. The number of carbonyl (C=O) groups is 1. The van der Waals surface area contributed by atoms with Crippen molar-refractivity contribution in [1.29, 1.82) is 0 Å². The number of hydrogen-bond donors (Lipinski definition) is 0. The molecule has 1 nitrogen and oxygen atoms in total. The molecule has 3 aromatic carbocycles. The summed E-state index contributed by atoms with van der Waals surface area (Å²) in [5.41, 5.74) is 5.56. The summed E-state index contributed by atoms with van der Waals surface area (Å²) in [5.74, 6) is 0.269. The van der Waals surface area contributed by atoms with E-state index in [0.29, 0.717) is 6.42 Å². The molecule has 0 saturated heterocycles. The van der Waals surface area contributed by atoms with Gasteiger partial charge in [-0.1, -0.05) is 90.0 Å². The Bertz CT molecular complexity index is 799. The van der Waals surface area contributed by atoms with E-state index in [9.17, 15) is 4.79 Å². The van der Waals surface area contributed by atoms with Crippen LogP contribution in [0.3, 0.4) is 0 Å². The Hall–Kier alpha value is -2.67. The molecule has 0 amide bonds. The second-order valence-electron chi connectivity index (χ2n) is 6.37. The van der Waals surface area contributed by atoms with Crippen LogP contribution < -0.4 is 0 Å². The van der Waals surface area contributed by atoms with Crippen LogP contribution in [0.25, 0.3) is 0 Å². The number of hydrogen-bond acceptors (Lipinski definition) is 1. The largest absolute Gasteiger partial charge is 0.294 e. The third-order valence-corrected chi connectivity index (χ3v) is 4.44. The van der Waals surface area contributed by atoms with Gasteiger partial charge in [0.25, 0.3) is 0 Å². The zero-order valence-corrected chi connectivity index (χ0v) is 14.2. The Labute approximate surface area is 144 Å². The van der Waals surface area contributed by atoms with Gasteiger partial charge < -0.3 is 0 Å². The average molecular weight is 314 g/mol. The normalized spacial score (nSPS) is 11.9. The molecular formula is C23H22O. The zero-order valence-electron chi connectivity index (χ0n) is 14.2. The van der Waals surface area contributed by atoms with Crippen molar-refractivity contribution in [3.05, 3.63) is 107 Å². The van der Waals surface area contributed by atoms with E-state index in [1.54, 1.807) is 0 Å². The van der Waals surface area contributed by atoms with Crippen LogP contribution in [-0.2, 0) is 0 Å². The summed E-state index contributed by atoms with van der Waals surface area (Å²) in [4.78, 5) is 12.8. The van der Waals surface area contributed by atoms with Gasteiger partial charge in [0.05, 0.1) is 0 Å². The highest BCUT2D eigenvalue weighted by molar-refractivity contribution is 5.96. The van der Waals surface area contributed by atoms with Crippen LogP contribution in [0, 0.1) is 13.8 Å². The molecule has 0 aromatic heterocycles. The highest BCUT2D eigenvalue weighted by Crippen LogP contribution is 2.29. The van der Waals surface area contributed by atoms with Crippen LogP contribution in [0.1, 0.15) is 45.0 Å². The Morgan fingerprint density at radius 3 is 1.79 bits per heavy atom. The molecule has 0 spiro atoms. The lowest BCUT2D eigenvalue weighted by atomic mass is 9.85. The Morgan fingerprint density at radius 1 is 0.708 bits per heavy atom. The van der Waals surface area contributed by atoms with Gasteiger partial charge in [0.15, 0.2) is 5.78 Å². The van der Waals surface area contributed by atoms with E-state index in [4.69, 9.17) is 0 Å². The van der Waals surface area contributed by atoms with Gasteiger partial charge in [-0.3, -0.25) is 4.79 Å². The first kappa shape index (κ1) is 16.2. The van der Waals surface area contributed by atoms with Crippen molar-refractivity contribution in [3.63, 3.8) is 0 Å². The fraction of sp³-hybridized carbons (Fsp3) is 0.174. The standard InChI is InChI=1S/C23H22O/c1-17-8-12-20(13-9-17)22(19-6-4-3-5-7-19)16-23(24)21-14-10-18(2)11-15-21/h3-15,22H,16H2,1-2H3/t22-/m1/s1. The van der Waals surface area contributed by atoms with Gasteiger partial charge in [-0.25, -0.2) is 0 Å². The van der Waals surface area contributed by atoms with Gasteiger partial charge >= 0.3 is 0 Å². The van der Waals surface area contributed by atoms with Gasteiger partial charge in [0, 0.05) is 17.9 Å². The van der Waals surface area contributed by atoms with Crippen molar-refractivity contribution in [1.82, 2.24) is 0 Å². The molecule has 0 fully saturated rings. The molecule has 0 radical (unpaired) electrons. The first-order valence-electron chi connectivity index (χ1n) is 8.35. The minimum absolute atomic E-state index is 0.0839. The van der Waals surface area contributed by atoms with Gasteiger partial charge in [0.2, 0.25) is 0 Å². The molecule has 0 bridgehead atoms. The topological polar surface area (TPSA) is 17.1 Å². The third kappa shape index (κ3) is 3.80.